The fraction of sp³-hybridized carbons (Fsp3) is 0.571. The molecule has 2 rings (SSSR count). The molecule has 0 saturated heterocycles. The first-order valence-corrected chi connectivity index (χ1v) is 6.84. The number of hydrogen-bond donors (Lipinski definition) is 1. The van der Waals surface area contributed by atoms with Crippen molar-refractivity contribution in [3.05, 3.63) is 34.9 Å². The zero-order valence-electron chi connectivity index (χ0n) is 10.3. The highest BCUT2D eigenvalue weighted by atomic mass is 35.5. The van der Waals surface area contributed by atoms with Crippen molar-refractivity contribution in [2.24, 2.45) is 0 Å². The third-order valence-corrected chi connectivity index (χ3v) is 3.61. The van der Waals surface area contributed by atoms with Gasteiger partial charge in [0.05, 0.1) is 12.1 Å². The second-order valence-corrected chi connectivity index (χ2v) is 5.09. The molecule has 17 heavy (non-hydrogen) atoms. The molecule has 1 aliphatic rings. The molecule has 0 bridgehead atoms. The lowest BCUT2D eigenvalue weighted by Crippen LogP contribution is -2.26. The summed E-state index contributed by atoms with van der Waals surface area (Å²) in [4.78, 5) is 5.76. The van der Waals surface area contributed by atoms with Crippen LogP contribution in [0.15, 0.2) is 24.3 Å². The zero-order valence-corrected chi connectivity index (χ0v) is 11.0. The van der Waals surface area contributed by atoms with E-state index in [1.54, 1.807) is 0 Å². The lowest BCUT2D eigenvalue weighted by atomic mass is 10.1. The monoisotopic (exact) mass is 253 g/mol. The van der Waals surface area contributed by atoms with Gasteiger partial charge in [-0.1, -0.05) is 43.5 Å². The third-order valence-electron chi connectivity index (χ3n) is 3.36. The molecule has 94 valence electrons. The van der Waals surface area contributed by atoms with Crippen LogP contribution < -0.4 is 5.48 Å². The van der Waals surface area contributed by atoms with Crippen LogP contribution in [0.4, 0.5) is 0 Å². The molecule has 0 heterocycles. The predicted octanol–water partition coefficient (Wildman–Crippen LogP) is 4.25. The number of hydroxylamine groups is 1. The van der Waals surface area contributed by atoms with E-state index >= 15 is 0 Å². The summed E-state index contributed by atoms with van der Waals surface area (Å²) in [6.45, 7) is 2.16. The Kier molecular flexibility index (Phi) is 4.84. The normalized spacial score (nSPS) is 18.5. The van der Waals surface area contributed by atoms with Crippen molar-refractivity contribution < 1.29 is 4.84 Å². The fourth-order valence-corrected chi connectivity index (χ4v) is 2.39. The van der Waals surface area contributed by atoms with Gasteiger partial charge in [0, 0.05) is 5.02 Å². The average molecular weight is 254 g/mol. The number of nitrogens with one attached hydrogen (secondary N) is 1. The average Bonchev–Trinajstić information content (AvgIpc) is 2.85. The molecule has 0 radical (unpaired) electrons. The van der Waals surface area contributed by atoms with Crippen molar-refractivity contribution >= 4 is 11.6 Å². The van der Waals surface area contributed by atoms with Crippen LogP contribution in [0.25, 0.3) is 0 Å². The second-order valence-electron chi connectivity index (χ2n) is 4.65. The molecule has 0 amide bonds. The van der Waals surface area contributed by atoms with Crippen molar-refractivity contribution in [3.63, 3.8) is 0 Å². The largest absolute Gasteiger partial charge is 0.298 e. The minimum atomic E-state index is 0.257. The maximum absolute atomic E-state index is 5.89. The van der Waals surface area contributed by atoms with Gasteiger partial charge in [0.25, 0.3) is 0 Å². The Hall–Kier alpha value is -0.570. The molecule has 1 unspecified atom stereocenters. The van der Waals surface area contributed by atoms with Crippen LogP contribution in [-0.2, 0) is 4.84 Å². The Labute approximate surface area is 108 Å². The minimum Gasteiger partial charge on any atom is -0.298 e. The van der Waals surface area contributed by atoms with Crippen molar-refractivity contribution in [3.8, 4) is 0 Å². The molecular formula is C14H20ClNO. The molecule has 1 fully saturated rings. The first-order chi connectivity index (χ1) is 8.29. The van der Waals surface area contributed by atoms with Crippen molar-refractivity contribution in [2.75, 3.05) is 0 Å². The van der Waals surface area contributed by atoms with Gasteiger partial charge in [0.1, 0.15) is 0 Å². The Morgan fingerprint density at radius 3 is 2.53 bits per heavy atom. The van der Waals surface area contributed by atoms with E-state index in [9.17, 15) is 0 Å². The van der Waals surface area contributed by atoms with E-state index in [0.29, 0.717) is 6.10 Å². The summed E-state index contributed by atoms with van der Waals surface area (Å²) in [5, 5.41) is 0.778. The molecule has 3 heteroatoms. The summed E-state index contributed by atoms with van der Waals surface area (Å²) < 4.78 is 0. The van der Waals surface area contributed by atoms with E-state index in [-0.39, 0.29) is 6.04 Å². The molecule has 0 aromatic heterocycles. The van der Waals surface area contributed by atoms with Gasteiger partial charge in [0.15, 0.2) is 0 Å². The van der Waals surface area contributed by atoms with Gasteiger partial charge in [-0.05, 0) is 37.0 Å². The Balaban J connectivity index is 1.89. The van der Waals surface area contributed by atoms with Gasteiger partial charge in [0.2, 0.25) is 0 Å². The SMILES string of the molecule is CCC(NOC1CCCC1)c1ccc(Cl)cc1. The van der Waals surface area contributed by atoms with E-state index in [0.717, 1.165) is 11.4 Å². The van der Waals surface area contributed by atoms with Crippen LogP contribution in [0.5, 0.6) is 0 Å². The van der Waals surface area contributed by atoms with E-state index in [1.165, 1.54) is 31.2 Å². The summed E-state index contributed by atoms with van der Waals surface area (Å²) in [6, 6.07) is 8.23. The quantitative estimate of drug-likeness (QED) is 0.792. The molecular weight excluding hydrogens is 234 g/mol. The Morgan fingerprint density at radius 1 is 1.29 bits per heavy atom. The van der Waals surface area contributed by atoms with Crippen molar-refractivity contribution in [1.29, 1.82) is 0 Å². The number of benzene rings is 1. The van der Waals surface area contributed by atoms with Crippen LogP contribution in [0, 0.1) is 0 Å². The van der Waals surface area contributed by atoms with Gasteiger partial charge in [-0.25, -0.2) is 0 Å². The fourth-order valence-electron chi connectivity index (χ4n) is 2.27. The number of hydrogen-bond acceptors (Lipinski definition) is 2. The highest BCUT2D eigenvalue weighted by Crippen LogP contribution is 2.23. The van der Waals surface area contributed by atoms with Crippen LogP contribution in [-0.4, -0.2) is 6.10 Å². The Bertz CT molecular complexity index is 333. The van der Waals surface area contributed by atoms with Crippen molar-refractivity contribution in [1.82, 2.24) is 5.48 Å². The summed E-state index contributed by atoms with van der Waals surface area (Å²) in [5.41, 5.74) is 4.44. The summed E-state index contributed by atoms with van der Waals surface area (Å²) in [5.74, 6) is 0. The second kappa shape index (κ2) is 6.39. The van der Waals surface area contributed by atoms with Crippen LogP contribution in [0.2, 0.25) is 5.02 Å². The standard InChI is InChI=1S/C14H20ClNO/c1-2-14(11-7-9-12(15)10-8-11)16-17-13-5-3-4-6-13/h7-10,13-14,16H,2-6H2,1H3. The lowest BCUT2D eigenvalue weighted by molar-refractivity contribution is -0.0415. The van der Waals surface area contributed by atoms with Crippen LogP contribution in [0.1, 0.15) is 50.6 Å². The molecule has 1 N–H and O–H groups in total. The molecule has 1 aliphatic carbocycles. The van der Waals surface area contributed by atoms with Gasteiger partial charge in [-0.3, -0.25) is 4.84 Å². The van der Waals surface area contributed by atoms with Gasteiger partial charge in [-0.2, -0.15) is 5.48 Å². The number of halogens is 1. The van der Waals surface area contributed by atoms with E-state index in [1.807, 2.05) is 12.1 Å². The predicted molar refractivity (Wildman–Crippen MR) is 71.0 cm³/mol. The lowest BCUT2D eigenvalue weighted by Gasteiger charge is -2.20. The number of rotatable bonds is 5. The molecule has 1 aromatic carbocycles. The maximum Gasteiger partial charge on any atom is 0.0790 e. The first kappa shape index (κ1) is 12.9. The maximum atomic E-state index is 5.89. The summed E-state index contributed by atoms with van der Waals surface area (Å²) in [7, 11) is 0. The molecule has 2 nitrogen and oxygen atoms in total. The van der Waals surface area contributed by atoms with Crippen LogP contribution in [0.3, 0.4) is 0 Å². The van der Waals surface area contributed by atoms with Gasteiger partial charge < -0.3 is 0 Å². The highest BCUT2D eigenvalue weighted by molar-refractivity contribution is 6.30. The van der Waals surface area contributed by atoms with Crippen molar-refractivity contribution in [2.45, 2.75) is 51.2 Å². The molecule has 0 spiro atoms. The van der Waals surface area contributed by atoms with E-state index in [2.05, 4.69) is 24.5 Å². The molecule has 1 atom stereocenters. The summed E-state index contributed by atoms with van der Waals surface area (Å²) in [6.07, 6.45) is 6.37. The Morgan fingerprint density at radius 2 is 1.94 bits per heavy atom. The van der Waals surface area contributed by atoms with Gasteiger partial charge >= 0.3 is 0 Å². The summed E-state index contributed by atoms with van der Waals surface area (Å²) >= 11 is 5.89. The molecule has 1 saturated carbocycles. The van der Waals surface area contributed by atoms with Gasteiger partial charge in [-0.15, -0.1) is 0 Å². The first-order valence-electron chi connectivity index (χ1n) is 6.46. The smallest absolute Gasteiger partial charge is 0.0790 e. The molecule has 0 aliphatic heterocycles. The zero-order chi connectivity index (χ0) is 12.1. The minimum absolute atomic E-state index is 0.257. The van der Waals surface area contributed by atoms with E-state index in [4.69, 9.17) is 16.4 Å². The van der Waals surface area contributed by atoms with Crippen LogP contribution >= 0.6 is 11.6 Å². The molecule has 1 aromatic rings. The van der Waals surface area contributed by atoms with E-state index < -0.39 is 0 Å². The highest BCUT2D eigenvalue weighted by Gasteiger charge is 2.17. The third kappa shape index (κ3) is 3.70. The topological polar surface area (TPSA) is 21.3 Å².